The first-order chi connectivity index (χ1) is 10.2. The molecule has 3 rings (SSSR count). The van der Waals surface area contributed by atoms with E-state index >= 15 is 0 Å². The van der Waals surface area contributed by atoms with Crippen LogP contribution in [-0.2, 0) is 6.54 Å². The fourth-order valence-corrected chi connectivity index (χ4v) is 2.09. The van der Waals surface area contributed by atoms with Crippen LogP contribution in [0.1, 0.15) is 12.8 Å². The van der Waals surface area contributed by atoms with Crippen LogP contribution in [0.4, 0.5) is 0 Å². The molecule has 6 heteroatoms. The van der Waals surface area contributed by atoms with Crippen LogP contribution >= 0.6 is 0 Å². The van der Waals surface area contributed by atoms with Crippen LogP contribution in [-0.4, -0.2) is 20.0 Å². The summed E-state index contributed by atoms with van der Waals surface area (Å²) in [5.74, 6) is 0.753. The van der Waals surface area contributed by atoms with Crippen LogP contribution < -0.4 is 5.56 Å². The fourth-order valence-electron chi connectivity index (χ4n) is 2.09. The Balaban J connectivity index is 2.27. The van der Waals surface area contributed by atoms with E-state index < -0.39 is 0 Å². The third kappa shape index (κ3) is 2.47. The zero-order valence-corrected chi connectivity index (χ0v) is 11.8. The number of hydrogen-bond donors (Lipinski definition) is 0. The molecular weight excluding hydrogens is 268 g/mol. The van der Waals surface area contributed by atoms with Gasteiger partial charge in [0.1, 0.15) is 5.69 Å². The molecule has 0 aliphatic heterocycles. The van der Waals surface area contributed by atoms with Crippen molar-refractivity contribution in [3.05, 3.63) is 52.6 Å². The Morgan fingerprint density at radius 2 is 1.95 bits per heavy atom. The summed E-state index contributed by atoms with van der Waals surface area (Å²) in [5.41, 5.74) is 1.91. The quantitative estimate of drug-likeness (QED) is 0.736. The van der Waals surface area contributed by atoms with Crippen LogP contribution in [0.15, 0.2) is 45.6 Å². The molecule has 106 valence electrons. The topological polar surface area (TPSA) is 73.8 Å². The van der Waals surface area contributed by atoms with E-state index in [4.69, 9.17) is 4.42 Å². The van der Waals surface area contributed by atoms with Crippen molar-refractivity contribution in [2.75, 3.05) is 0 Å². The van der Waals surface area contributed by atoms with E-state index in [1.807, 2.05) is 37.3 Å². The van der Waals surface area contributed by atoms with E-state index in [1.54, 1.807) is 6.92 Å². The zero-order chi connectivity index (χ0) is 14.8. The second kappa shape index (κ2) is 5.32. The van der Waals surface area contributed by atoms with Gasteiger partial charge in [-0.1, -0.05) is 30.3 Å². The van der Waals surface area contributed by atoms with E-state index in [1.165, 1.54) is 10.7 Å². The zero-order valence-electron chi connectivity index (χ0n) is 11.8. The standard InChI is InChI=1S/C15H14N4O2/c1-3-19-13(20)9-12(15-17-16-10(2)21-15)14(18-19)11-7-5-4-6-8-11/h4-9H,3H2,1-2H3. The second-order valence-corrected chi connectivity index (χ2v) is 4.55. The summed E-state index contributed by atoms with van der Waals surface area (Å²) < 4.78 is 6.86. The van der Waals surface area contributed by atoms with Gasteiger partial charge < -0.3 is 4.42 Å². The highest BCUT2D eigenvalue weighted by molar-refractivity contribution is 5.75. The predicted octanol–water partition coefficient (Wildman–Crippen LogP) is 2.29. The molecule has 3 aromatic rings. The second-order valence-electron chi connectivity index (χ2n) is 4.55. The maximum absolute atomic E-state index is 12.0. The van der Waals surface area contributed by atoms with E-state index in [0.29, 0.717) is 29.6 Å². The molecule has 6 nitrogen and oxygen atoms in total. The highest BCUT2D eigenvalue weighted by atomic mass is 16.4. The third-order valence-corrected chi connectivity index (χ3v) is 3.10. The van der Waals surface area contributed by atoms with E-state index in [0.717, 1.165) is 5.56 Å². The third-order valence-electron chi connectivity index (χ3n) is 3.10. The van der Waals surface area contributed by atoms with Crippen LogP contribution in [0.3, 0.4) is 0 Å². The van der Waals surface area contributed by atoms with Crippen molar-refractivity contribution in [1.82, 2.24) is 20.0 Å². The Morgan fingerprint density at radius 3 is 2.57 bits per heavy atom. The lowest BCUT2D eigenvalue weighted by Gasteiger charge is -2.08. The Kier molecular flexibility index (Phi) is 3.35. The molecule has 2 aromatic heterocycles. The van der Waals surface area contributed by atoms with Gasteiger partial charge in [0.15, 0.2) is 0 Å². The first-order valence-electron chi connectivity index (χ1n) is 6.67. The SMILES string of the molecule is CCn1nc(-c2ccccc2)c(-c2nnc(C)o2)cc1=O. The van der Waals surface area contributed by atoms with Crippen LogP contribution in [0, 0.1) is 6.92 Å². The lowest BCUT2D eigenvalue weighted by atomic mass is 10.1. The number of aromatic nitrogens is 4. The van der Waals surface area contributed by atoms with Crippen molar-refractivity contribution in [2.24, 2.45) is 0 Å². The molecule has 1 aromatic carbocycles. The Bertz CT molecular complexity index is 821. The minimum Gasteiger partial charge on any atom is -0.421 e. The van der Waals surface area contributed by atoms with Crippen molar-refractivity contribution in [1.29, 1.82) is 0 Å². The van der Waals surface area contributed by atoms with E-state index in [9.17, 15) is 4.79 Å². The molecule has 0 bridgehead atoms. The number of aryl methyl sites for hydroxylation is 2. The Morgan fingerprint density at radius 1 is 1.19 bits per heavy atom. The molecule has 0 N–H and O–H groups in total. The minimum absolute atomic E-state index is 0.192. The van der Waals surface area contributed by atoms with Gasteiger partial charge in [-0.15, -0.1) is 10.2 Å². The van der Waals surface area contributed by atoms with Crippen molar-refractivity contribution in [3.8, 4) is 22.7 Å². The van der Waals surface area contributed by atoms with Gasteiger partial charge >= 0.3 is 0 Å². The molecule has 0 saturated heterocycles. The molecule has 0 aliphatic rings. The van der Waals surface area contributed by atoms with Crippen LogP contribution in [0.5, 0.6) is 0 Å². The highest BCUT2D eigenvalue weighted by Gasteiger charge is 2.16. The summed E-state index contributed by atoms with van der Waals surface area (Å²) in [7, 11) is 0. The molecule has 0 radical (unpaired) electrons. The largest absolute Gasteiger partial charge is 0.421 e. The van der Waals surface area contributed by atoms with Crippen molar-refractivity contribution < 1.29 is 4.42 Å². The molecule has 0 unspecified atom stereocenters. The van der Waals surface area contributed by atoms with Gasteiger partial charge in [-0.25, -0.2) is 4.68 Å². The maximum atomic E-state index is 12.0. The van der Waals surface area contributed by atoms with Gasteiger partial charge in [0, 0.05) is 25.1 Å². The normalized spacial score (nSPS) is 10.8. The average Bonchev–Trinajstić information content (AvgIpc) is 2.94. The van der Waals surface area contributed by atoms with Gasteiger partial charge in [-0.05, 0) is 6.92 Å². The van der Waals surface area contributed by atoms with Gasteiger partial charge in [0.25, 0.3) is 5.56 Å². The maximum Gasteiger partial charge on any atom is 0.267 e. The molecule has 0 spiro atoms. The summed E-state index contributed by atoms with van der Waals surface area (Å²) in [6.07, 6.45) is 0. The lowest BCUT2D eigenvalue weighted by Crippen LogP contribution is -2.22. The van der Waals surface area contributed by atoms with Gasteiger partial charge in [-0.3, -0.25) is 4.79 Å². The van der Waals surface area contributed by atoms with Gasteiger partial charge in [0.05, 0.1) is 5.56 Å². The van der Waals surface area contributed by atoms with Crippen molar-refractivity contribution >= 4 is 0 Å². The van der Waals surface area contributed by atoms with Crippen molar-refractivity contribution in [2.45, 2.75) is 20.4 Å². The number of hydrogen-bond acceptors (Lipinski definition) is 5. The summed E-state index contributed by atoms with van der Waals surface area (Å²) in [6.45, 7) is 4.08. The highest BCUT2D eigenvalue weighted by Crippen LogP contribution is 2.27. The van der Waals surface area contributed by atoms with Gasteiger partial charge in [-0.2, -0.15) is 5.10 Å². The molecule has 0 atom stereocenters. The monoisotopic (exact) mass is 282 g/mol. The lowest BCUT2D eigenvalue weighted by molar-refractivity contribution is 0.531. The first kappa shape index (κ1) is 13.2. The van der Waals surface area contributed by atoms with Crippen LogP contribution in [0.2, 0.25) is 0 Å². The Labute approximate surface area is 121 Å². The molecule has 0 amide bonds. The van der Waals surface area contributed by atoms with E-state index in [-0.39, 0.29) is 5.56 Å². The number of rotatable bonds is 3. The molecule has 0 aliphatic carbocycles. The first-order valence-corrected chi connectivity index (χ1v) is 6.67. The summed E-state index contributed by atoms with van der Waals surface area (Å²) in [5, 5.41) is 12.2. The molecule has 0 fully saturated rings. The van der Waals surface area contributed by atoms with E-state index in [2.05, 4.69) is 15.3 Å². The molecule has 0 saturated carbocycles. The van der Waals surface area contributed by atoms with Crippen molar-refractivity contribution in [3.63, 3.8) is 0 Å². The van der Waals surface area contributed by atoms with Crippen LogP contribution in [0.25, 0.3) is 22.7 Å². The average molecular weight is 282 g/mol. The molecular formula is C15H14N4O2. The number of benzene rings is 1. The summed E-state index contributed by atoms with van der Waals surface area (Å²) in [4.78, 5) is 12.0. The summed E-state index contributed by atoms with van der Waals surface area (Å²) >= 11 is 0. The predicted molar refractivity (Wildman–Crippen MR) is 77.6 cm³/mol. The minimum atomic E-state index is -0.192. The van der Waals surface area contributed by atoms with Gasteiger partial charge in [0.2, 0.25) is 11.8 Å². The number of nitrogens with zero attached hydrogens (tertiary/aromatic N) is 4. The fraction of sp³-hybridized carbons (Fsp3) is 0.200. The Hall–Kier alpha value is -2.76. The molecule has 2 heterocycles. The smallest absolute Gasteiger partial charge is 0.267 e. The summed E-state index contributed by atoms with van der Waals surface area (Å²) in [6, 6.07) is 11.1. The molecule has 21 heavy (non-hydrogen) atoms.